The van der Waals surface area contributed by atoms with Gasteiger partial charge in [-0.05, 0) is 37.0 Å². The van der Waals surface area contributed by atoms with E-state index in [1.807, 2.05) is 34.1 Å². The Balaban J connectivity index is 1.27. The van der Waals surface area contributed by atoms with Crippen LogP contribution in [0.2, 0.25) is 0 Å². The summed E-state index contributed by atoms with van der Waals surface area (Å²) in [5, 5.41) is 0. The molecule has 1 aromatic carbocycles. The van der Waals surface area contributed by atoms with Gasteiger partial charge in [-0.1, -0.05) is 19.1 Å². The highest BCUT2D eigenvalue weighted by Gasteiger charge is 2.38. The highest BCUT2D eigenvalue weighted by molar-refractivity contribution is 6.00. The largest absolute Gasteiger partial charge is 0.342 e. The highest BCUT2D eigenvalue weighted by atomic mass is 16.2. The first kappa shape index (κ1) is 20.8. The highest BCUT2D eigenvalue weighted by Crippen LogP contribution is 2.27. The molecule has 0 aromatic heterocycles. The van der Waals surface area contributed by atoms with Crippen LogP contribution in [0.5, 0.6) is 0 Å². The van der Waals surface area contributed by atoms with Crippen molar-refractivity contribution < 1.29 is 14.4 Å². The zero-order valence-electron chi connectivity index (χ0n) is 17.9. The Hall–Kier alpha value is -2.41. The maximum absolute atomic E-state index is 13.0. The van der Waals surface area contributed by atoms with Gasteiger partial charge in [0.25, 0.3) is 0 Å². The van der Waals surface area contributed by atoms with Crippen LogP contribution in [0.15, 0.2) is 24.3 Å². The lowest BCUT2D eigenvalue weighted by Gasteiger charge is -2.36. The Morgan fingerprint density at radius 2 is 1.60 bits per heavy atom. The summed E-state index contributed by atoms with van der Waals surface area (Å²) < 4.78 is 0. The molecular weight excluding hydrogens is 380 g/mol. The van der Waals surface area contributed by atoms with Crippen molar-refractivity contribution in [1.29, 1.82) is 0 Å². The Kier molecular flexibility index (Phi) is 6.37. The van der Waals surface area contributed by atoms with Crippen molar-refractivity contribution >= 4 is 23.4 Å². The number of amides is 3. The van der Waals surface area contributed by atoms with Gasteiger partial charge in [0.1, 0.15) is 0 Å². The Morgan fingerprint density at radius 3 is 2.23 bits per heavy atom. The number of hydrogen-bond acceptors (Lipinski definition) is 4. The van der Waals surface area contributed by atoms with Gasteiger partial charge in [-0.25, -0.2) is 0 Å². The summed E-state index contributed by atoms with van der Waals surface area (Å²) >= 11 is 0. The third kappa shape index (κ3) is 4.51. The molecule has 3 aliphatic heterocycles. The maximum Gasteiger partial charge on any atom is 0.236 e. The molecule has 7 heteroatoms. The molecular formula is C23H32N4O3. The van der Waals surface area contributed by atoms with Crippen LogP contribution in [0, 0.1) is 5.92 Å². The SMILES string of the molecule is CCc1ccc(N2CC(C(=O)N3CCN(CC(=O)N4CCCC4)CC3)CC2=O)cc1. The van der Waals surface area contributed by atoms with E-state index in [0.29, 0.717) is 39.3 Å². The van der Waals surface area contributed by atoms with Crippen LogP contribution in [-0.4, -0.2) is 84.8 Å². The average Bonchev–Trinajstić information content (AvgIpc) is 3.44. The summed E-state index contributed by atoms with van der Waals surface area (Å²) in [5.74, 6) is 0.0218. The molecule has 1 unspecified atom stereocenters. The van der Waals surface area contributed by atoms with E-state index in [9.17, 15) is 14.4 Å². The second-order valence-corrected chi connectivity index (χ2v) is 8.61. The number of hydrogen-bond donors (Lipinski definition) is 0. The number of carbonyl (C=O) groups is 3. The Labute approximate surface area is 178 Å². The Bertz CT molecular complexity index is 780. The fourth-order valence-electron chi connectivity index (χ4n) is 4.68. The molecule has 0 bridgehead atoms. The van der Waals surface area contributed by atoms with Gasteiger partial charge in [-0.3, -0.25) is 19.3 Å². The average molecular weight is 413 g/mol. The molecule has 4 rings (SSSR count). The molecule has 30 heavy (non-hydrogen) atoms. The topological polar surface area (TPSA) is 64.2 Å². The van der Waals surface area contributed by atoms with Gasteiger partial charge in [0.05, 0.1) is 12.5 Å². The number of piperazine rings is 1. The van der Waals surface area contributed by atoms with Gasteiger partial charge in [0.2, 0.25) is 17.7 Å². The lowest BCUT2D eigenvalue weighted by Crippen LogP contribution is -2.52. The molecule has 7 nitrogen and oxygen atoms in total. The van der Waals surface area contributed by atoms with Crippen molar-refractivity contribution in [3.63, 3.8) is 0 Å². The van der Waals surface area contributed by atoms with Crippen molar-refractivity contribution in [2.75, 3.05) is 57.3 Å². The fourth-order valence-corrected chi connectivity index (χ4v) is 4.68. The third-order valence-electron chi connectivity index (χ3n) is 6.63. The molecule has 3 saturated heterocycles. The minimum Gasteiger partial charge on any atom is -0.342 e. The molecule has 0 aliphatic carbocycles. The van der Waals surface area contributed by atoms with Crippen LogP contribution in [0.3, 0.4) is 0 Å². The van der Waals surface area contributed by atoms with Crippen molar-refractivity contribution in [3.8, 4) is 0 Å². The standard InChI is InChI=1S/C23H32N4O3/c1-2-18-5-7-20(8-6-18)27-16-19(15-21(27)28)23(30)26-13-11-24(12-14-26)17-22(29)25-9-3-4-10-25/h5-8,19H,2-4,9-17H2,1H3. The van der Waals surface area contributed by atoms with Crippen molar-refractivity contribution in [2.45, 2.75) is 32.6 Å². The third-order valence-corrected chi connectivity index (χ3v) is 6.63. The molecule has 1 aromatic rings. The molecule has 3 heterocycles. The van der Waals surface area contributed by atoms with E-state index in [4.69, 9.17) is 0 Å². The van der Waals surface area contributed by atoms with Gasteiger partial charge < -0.3 is 14.7 Å². The predicted molar refractivity (Wildman–Crippen MR) is 115 cm³/mol. The van der Waals surface area contributed by atoms with Crippen molar-refractivity contribution in [1.82, 2.24) is 14.7 Å². The van der Waals surface area contributed by atoms with Crippen LogP contribution in [0.25, 0.3) is 0 Å². The number of nitrogens with zero attached hydrogens (tertiary/aromatic N) is 4. The molecule has 3 aliphatic rings. The van der Waals surface area contributed by atoms with Crippen LogP contribution < -0.4 is 4.90 Å². The van der Waals surface area contributed by atoms with E-state index in [2.05, 4.69) is 11.8 Å². The van der Waals surface area contributed by atoms with Gasteiger partial charge in [-0.2, -0.15) is 0 Å². The van der Waals surface area contributed by atoms with Crippen LogP contribution in [-0.2, 0) is 20.8 Å². The van der Waals surface area contributed by atoms with Gasteiger partial charge in [0, 0.05) is 57.9 Å². The second-order valence-electron chi connectivity index (χ2n) is 8.61. The molecule has 0 N–H and O–H groups in total. The summed E-state index contributed by atoms with van der Waals surface area (Å²) in [6.45, 7) is 7.46. The lowest BCUT2D eigenvalue weighted by atomic mass is 10.1. The van der Waals surface area contributed by atoms with Crippen molar-refractivity contribution in [3.05, 3.63) is 29.8 Å². The summed E-state index contributed by atoms with van der Waals surface area (Å²) in [4.78, 5) is 45.6. The van der Waals surface area contributed by atoms with E-state index in [0.717, 1.165) is 38.0 Å². The van der Waals surface area contributed by atoms with E-state index in [1.54, 1.807) is 4.90 Å². The molecule has 0 spiro atoms. The van der Waals surface area contributed by atoms with E-state index in [-0.39, 0.29) is 30.1 Å². The minimum absolute atomic E-state index is 0.0208. The lowest BCUT2D eigenvalue weighted by molar-refractivity contribution is -0.138. The van der Waals surface area contributed by atoms with Crippen molar-refractivity contribution in [2.24, 2.45) is 5.92 Å². The van der Waals surface area contributed by atoms with Gasteiger partial charge in [0.15, 0.2) is 0 Å². The minimum atomic E-state index is -0.277. The Morgan fingerprint density at radius 1 is 0.933 bits per heavy atom. The zero-order valence-corrected chi connectivity index (χ0v) is 17.9. The zero-order chi connectivity index (χ0) is 21.1. The van der Waals surface area contributed by atoms with E-state index < -0.39 is 0 Å². The number of rotatable bonds is 5. The van der Waals surface area contributed by atoms with Crippen LogP contribution in [0.1, 0.15) is 31.7 Å². The molecule has 3 fully saturated rings. The molecule has 1 atom stereocenters. The number of benzene rings is 1. The number of carbonyl (C=O) groups excluding carboxylic acids is 3. The predicted octanol–water partition coefficient (Wildman–Crippen LogP) is 1.37. The van der Waals surface area contributed by atoms with Crippen LogP contribution in [0.4, 0.5) is 5.69 Å². The number of aryl methyl sites for hydroxylation is 1. The molecule has 0 radical (unpaired) electrons. The summed E-state index contributed by atoms with van der Waals surface area (Å²) in [7, 11) is 0. The van der Waals surface area contributed by atoms with E-state index in [1.165, 1.54) is 5.56 Å². The van der Waals surface area contributed by atoms with E-state index >= 15 is 0 Å². The quantitative estimate of drug-likeness (QED) is 0.733. The first-order valence-corrected chi connectivity index (χ1v) is 11.2. The van der Waals surface area contributed by atoms with Crippen LogP contribution >= 0.6 is 0 Å². The monoisotopic (exact) mass is 412 g/mol. The molecule has 3 amide bonds. The first-order valence-electron chi connectivity index (χ1n) is 11.2. The fraction of sp³-hybridized carbons (Fsp3) is 0.609. The summed E-state index contributed by atoms with van der Waals surface area (Å²) in [6, 6.07) is 8.03. The smallest absolute Gasteiger partial charge is 0.236 e. The maximum atomic E-state index is 13.0. The normalized spacial score (nSPS) is 22.8. The number of anilines is 1. The van der Waals surface area contributed by atoms with Gasteiger partial charge >= 0.3 is 0 Å². The molecule has 162 valence electrons. The second kappa shape index (κ2) is 9.16. The first-order chi connectivity index (χ1) is 14.5. The summed E-state index contributed by atoms with van der Waals surface area (Å²) in [5.41, 5.74) is 2.11. The molecule has 0 saturated carbocycles. The summed E-state index contributed by atoms with van der Waals surface area (Å²) in [6.07, 6.45) is 3.45. The van der Waals surface area contributed by atoms with Gasteiger partial charge in [-0.15, -0.1) is 0 Å². The number of likely N-dealkylation sites (tertiary alicyclic amines) is 1.